The standard InChI is InChI=1S/C12H9Br2ClS3/c13-10-4-7(12(14)18-10)11(15)9-3-6-5-16-2-1-8(6)17-9/h3-4,11H,1-2,5H2. The average molecular weight is 445 g/mol. The van der Waals surface area contributed by atoms with Gasteiger partial charge in [-0.05, 0) is 61.7 Å². The Morgan fingerprint density at radius 1 is 1.22 bits per heavy atom. The van der Waals surface area contributed by atoms with Crippen LogP contribution in [0.4, 0.5) is 0 Å². The molecule has 2 aromatic heterocycles. The van der Waals surface area contributed by atoms with Crippen molar-refractivity contribution in [3.8, 4) is 0 Å². The van der Waals surface area contributed by atoms with Crippen LogP contribution in [0.3, 0.4) is 0 Å². The normalized spacial score (nSPS) is 16.6. The highest BCUT2D eigenvalue weighted by molar-refractivity contribution is 9.12. The molecule has 2 aromatic rings. The minimum absolute atomic E-state index is 0.0393. The number of alkyl halides is 1. The van der Waals surface area contributed by atoms with Crippen LogP contribution in [0.15, 0.2) is 19.7 Å². The van der Waals surface area contributed by atoms with Gasteiger partial charge in [-0.3, -0.25) is 0 Å². The fraction of sp³-hybridized carbons (Fsp3) is 0.333. The van der Waals surface area contributed by atoms with Gasteiger partial charge in [-0.1, -0.05) is 0 Å². The van der Waals surface area contributed by atoms with E-state index in [-0.39, 0.29) is 5.38 Å². The Morgan fingerprint density at radius 2 is 2.06 bits per heavy atom. The van der Waals surface area contributed by atoms with Gasteiger partial charge in [0.25, 0.3) is 0 Å². The van der Waals surface area contributed by atoms with Gasteiger partial charge in [0.15, 0.2) is 0 Å². The molecule has 1 aliphatic rings. The molecule has 96 valence electrons. The second kappa shape index (κ2) is 5.78. The van der Waals surface area contributed by atoms with E-state index in [2.05, 4.69) is 44.0 Å². The van der Waals surface area contributed by atoms with Crippen molar-refractivity contribution in [1.29, 1.82) is 0 Å². The lowest BCUT2D eigenvalue weighted by molar-refractivity contribution is 1.13. The first kappa shape index (κ1) is 14.0. The number of aryl methyl sites for hydroxylation is 1. The van der Waals surface area contributed by atoms with Crippen LogP contribution >= 0.6 is 77.9 Å². The Kier molecular flexibility index (Phi) is 4.48. The van der Waals surface area contributed by atoms with E-state index in [1.54, 1.807) is 11.3 Å². The summed E-state index contributed by atoms with van der Waals surface area (Å²) in [6.45, 7) is 0. The molecule has 0 bridgehead atoms. The zero-order chi connectivity index (χ0) is 12.7. The Hall–Kier alpha value is 1.000. The van der Waals surface area contributed by atoms with Crippen LogP contribution in [0.2, 0.25) is 0 Å². The summed E-state index contributed by atoms with van der Waals surface area (Å²) >= 11 is 19.3. The molecule has 6 heteroatoms. The number of thioether (sulfide) groups is 1. The third-order valence-electron chi connectivity index (χ3n) is 2.85. The smallest absolute Gasteiger partial charge is 0.0947 e. The van der Waals surface area contributed by atoms with Gasteiger partial charge in [-0.25, -0.2) is 0 Å². The van der Waals surface area contributed by atoms with Gasteiger partial charge in [0.1, 0.15) is 0 Å². The molecule has 0 aliphatic carbocycles. The molecule has 1 unspecified atom stereocenters. The molecular formula is C12H9Br2ClS3. The lowest BCUT2D eigenvalue weighted by Crippen LogP contribution is -1.96. The van der Waals surface area contributed by atoms with E-state index < -0.39 is 0 Å². The number of hydrogen-bond acceptors (Lipinski definition) is 3. The quantitative estimate of drug-likeness (QED) is 0.480. The van der Waals surface area contributed by atoms with E-state index >= 15 is 0 Å². The van der Waals surface area contributed by atoms with Crippen LogP contribution in [0, 0.1) is 0 Å². The van der Waals surface area contributed by atoms with Crippen LogP contribution in [0.25, 0.3) is 0 Å². The summed E-state index contributed by atoms with van der Waals surface area (Å²) in [6, 6.07) is 4.40. The van der Waals surface area contributed by atoms with Gasteiger partial charge < -0.3 is 0 Å². The summed E-state index contributed by atoms with van der Waals surface area (Å²) in [4.78, 5) is 2.80. The van der Waals surface area contributed by atoms with Gasteiger partial charge in [0.2, 0.25) is 0 Å². The first-order valence-corrected chi connectivity index (χ1v) is 10.2. The number of hydrogen-bond donors (Lipinski definition) is 0. The maximum Gasteiger partial charge on any atom is 0.0947 e. The second-order valence-corrected chi connectivity index (χ2v) is 10.5. The molecule has 0 saturated carbocycles. The number of thiophene rings is 2. The van der Waals surface area contributed by atoms with Gasteiger partial charge in [0, 0.05) is 21.1 Å². The maximum absolute atomic E-state index is 6.63. The molecular weight excluding hydrogens is 436 g/mol. The lowest BCUT2D eigenvalue weighted by Gasteiger charge is -2.08. The third kappa shape index (κ3) is 2.72. The van der Waals surface area contributed by atoms with Crippen molar-refractivity contribution in [2.75, 3.05) is 5.75 Å². The molecule has 1 atom stereocenters. The average Bonchev–Trinajstić information content (AvgIpc) is 2.91. The molecule has 0 aromatic carbocycles. The Morgan fingerprint density at radius 3 is 2.72 bits per heavy atom. The topological polar surface area (TPSA) is 0 Å². The molecule has 3 heterocycles. The van der Waals surface area contributed by atoms with E-state index in [0.717, 1.165) is 13.3 Å². The highest BCUT2D eigenvalue weighted by Crippen LogP contribution is 2.44. The molecule has 0 amide bonds. The largest absolute Gasteiger partial charge is 0.157 e. The predicted molar refractivity (Wildman–Crippen MR) is 91.6 cm³/mol. The minimum Gasteiger partial charge on any atom is -0.157 e. The Labute approximate surface area is 140 Å². The van der Waals surface area contributed by atoms with Gasteiger partial charge in [-0.2, -0.15) is 11.8 Å². The highest BCUT2D eigenvalue weighted by atomic mass is 79.9. The predicted octanol–water partition coefficient (Wildman–Crippen LogP) is 6.45. The van der Waals surface area contributed by atoms with Crippen LogP contribution in [-0.4, -0.2) is 5.75 Å². The van der Waals surface area contributed by atoms with Crippen LogP contribution in [0.5, 0.6) is 0 Å². The molecule has 18 heavy (non-hydrogen) atoms. The summed E-state index contributed by atoms with van der Waals surface area (Å²) in [5.41, 5.74) is 2.65. The molecule has 1 aliphatic heterocycles. The maximum atomic E-state index is 6.63. The van der Waals surface area contributed by atoms with Crippen molar-refractivity contribution >= 4 is 77.9 Å². The van der Waals surface area contributed by atoms with Gasteiger partial charge in [-0.15, -0.1) is 34.3 Å². The zero-order valence-corrected chi connectivity index (χ0v) is 15.6. The molecule has 0 radical (unpaired) electrons. The lowest BCUT2D eigenvalue weighted by atomic mass is 10.1. The van der Waals surface area contributed by atoms with Crippen molar-refractivity contribution < 1.29 is 0 Å². The monoisotopic (exact) mass is 442 g/mol. The fourth-order valence-electron chi connectivity index (χ4n) is 1.97. The summed E-state index contributed by atoms with van der Waals surface area (Å²) in [5, 5.41) is -0.0393. The van der Waals surface area contributed by atoms with Crippen molar-refractivity contribution in [1.82, 2.24) is 0 Å². The molecule has 3 rings (SSSR count). The highest BCUT2D eigenvalue weighted by Gasteiger charge is 2.22. The number of rotatable bonds is 2. The summed E-state index contributed by atoms with van der Waals surface area (Å²) in [5.74, 6) is 2.39. The zero-order valence-electron chi connectivity index (χ0n) is 9.21. The van der Waals surface area contributed by atoms with Crippen molar-refractivity contribution in [2.24, 2.45) is 0 Å². The first-order chi connectivity index (χ1) is 8.65. The fourth-order valence-corrected chi connectivity index (χ4v) is 7.81. The van der Waals surface area contributed by atoms with Gasteiger partial charge >= 0.3 is 0 Å². The van der Waals surface area contributed by atoms with Crippen molar-refractivity contribution in [3.05, 3.63) is 40.6 Å². The van der Waals surface area contributed by atoms with E-state index in [1.165, 1.54) is 33.1 Å². The first-order valence-electron chi connectivity index (χ1n) is 5.43. The van der Waals surface area contributed by atoms with E-state index in [1.807, 2.05) is 23.1 Å². The minimum atomic E-state index is -0.0393. The SMILES string of the molecule is ClC(c1cc2c(s1)CCSC2)c1cc(Br)sc1Br. The van der Waals surface area contributed by atoms with Crippen LogP contribution in [0.1, 0.15) is 26.3 Å². The molecule has 0 saturated heterocycles. The van der Waals surface area contributed by atoms with E-state index in [0.29, 0.717) is 0 Å². The molecule has 0 spiro atoms. The van der Waals surface area contributed by atoms with Crippen molar-refractivity contribution in [2.45, 2.75) is 17.6 Å². The van der Waals surface area contributed by atoms with E-state index in [4.69, 9.17) is 11.6 Å². The Balaban J connectivity index is 1.94. The molecule has 0 N–H and O–H groups in total. The van der Waals surface area contributed by atoms with E-state index in [9.17, 15) is 0 Å². The Bertz CT molecular complexity index is 552. The summed E-state index contributed by atoms with van der Waals surface area (Å²) in [6.07, 6.45) is 1.20. The number of fused-ring (bicyclic) bond motifs is 1. The number of halogens is 3. The third-order valence-corrected chi connectivity index (χ3v) is 8.15. The molecule has 0 fully saturated rings. The van der Waals surface area contributed by atoms with Crippen LogP contribution in [-0.2, 0) is 12.2 Å². The molecule has 0 nitrogen and oxygen atoms in total. The summed E-state index contributed by atoms with van der Waals surface area (Å²) in [7, 11) is 0. The van der Waals surface area contributed by atoms with Crippen molar-refractivity contribution in [3.63, 3.8) is 0 Å². The second-order valence-electron chi connectivity index (χ2n) is 4.04. The van der Waals surface area contributed by atoms with Crippen LogP contribution < -0.4 is 0 Å². The van der Waals surface area contributed by atoms with Gasteiger partial charge in [0.05, 0.1) is 12.9 Å². The summed E-state index contributed by atoms with van der Waals surface area (Å²) < 4.78 is 2.24.